The van der Waals surface area contributed by atoms with E-state index in [1.54, 1.807) is 0 Å². The highest BCUT2D eigenvalue weighted by molar-refractivity contribution is 9.10. The van der Waals surface area contributed by atoms with Crippen LogP contribution in [0.5, 0.6) is 0 Å². The van der Waals surface area contributed by atoms with Crippen molar-refractivity contribution in [1.29, 1.82) is 0 Å². The van der Waals surface area contributed by atoms with E-state index in [9.17, 15) is 5.11 Å². The van der Waals surface area contributed by atoms with Gasteiger partial charge in [0.1, 0.15) is 0 Å². The van der Waals surface area contributed by atoms with Crippen molar-refractivity contribution in [3.63, 3.8) is 0 Å². The fourth-order valence-corrected chi connectivity index (χ4v) is 2.48. The highest BCUT2D eigenvalue weighted by atomic mass is 79.9. The lowest BCUT2D eigenvalue weighted by Gasteiger charge is -2.19. The number of nitrogens with one attached hydrogen (secondary N) is 1. The number of hydrogen-bond donors (Lipinski definition) is 2. The second-order valence-corrected chi connectivity index (χ2v) is 5.05. The molecule has 0 bridgehead atoms. The summed E-state index contributed by atoms with van der Waals surface area (Å²) in [4.78, 5) is 0. The Kier molecular flexibility index (Phi) is 3.54. The predicted molar refractivity (Wildman–Crippen MR) is 66.4 cm³/mol. The van der Waals surface area contributed by atoms with E-state index in [0.29, 0.717) is 5.02 Å². The van der Waals surface area contributed by atoms with E-state index in [1.165, 1.54) is 0 Å². The highest BCUT2D eigenvalue weighted by Gasteiger charge is 2.25. The van der Waals surface area contributed by atoms with Crippen LogP contribution in [-0.4, -0.2) is 17.3 Å². The maximum atomic E-state index is 9.70. The molecule has 82 valence electrons. The molecule has 0 aliphatic heterocycles. The maximum absolute atomic E-state index is 9.70. The van der Waals surface area contributed by atoms with E-state index >= 15 is 0 Å². The van der Waals surface area contributed by atoms with Crippen molar-refractivity contribution < 1.29 is 5.11 Å². The molecule has 2 atom stereocenters. The highest BCUT2D eigenvalue weighted by Crippen LogP contribution is 2.32. The molecule has 0 spiro atoms. The molecule has 2 N–H and O–H groups in total. The Morgan fingerprint density at radius 3 is 2.87 bits per heavy atom. The van der Waals surface area contributed by atoms with Gasteiger partial charge in [-0.3, -0.25) is 0 Å². The summed E-state index contributed by atoms with van der Waals surface area (Å²) >= 11 is 9.42. The van der Waals surface area contributed by atoms with E-state index < -0.39 is 0 Å². The van der Waals surface area contributed by atoms with Crippen molar-refractivity contribution in [2.24, 2.45) is 0 Å². The lowest BCUT2D eigenvalue weighted by Crippen LogP contribution is -2.28. The van der Waals surface area contributed by atoms with E-state index in [0.717, 1.165) is 29.4 Å². The zero-order valence-corrected chi connectivity index (χ0v) is 10.6. The molecule has 1 aromatic rings. The summed E-state index contributed by atoms with van der Waals surface area (Å²) in [5, 5.41) is 13.7. The summed E-state index contributed by atoms with van der Waals surface area (Å²) in [6, 6.07) is 5.85. The van der Waals surface area contributed by atoms with Gasteiger partial charge in [-0.25, -0.2) is 0 Å². The normalized spacial score (nSPS) is 25.5. The molecule has 0 unspecified atom stereocenters. The van der Waals surface area contributed by atoms with Gasteiger partial charge in [0.15, 0.2) is 0 Å². The van der Waals surface area contributed by atoms with Gasteiger partial charge in [0.2, 0.25) is 0 Å². The fraction of sp³-hybridized carbons (Fsp3) is 0.455. The van der Waals surface area contributed by atoms with E-state index in [-0.39, 0.29) is 12.1 Å². The monoisotopic (exact) mass is 289 g/mol. The molecule has 15 heavy (non-hydrogen) atoms. The van der Waals surface area contributed by atoms with Gasteiger partial charge in [0.05, 0.1) is 27.3 Å². The van der Waals surface area contributed by atoms with Gasteiger partial charge in [-0.05, 0) is 47.3 Å². The number of anilines is 1. The Labute approximate surface area is 103 Å². The number of aliphatic hydroxyl groups is 1. The van der Waals surface area contributed by atoms with E-state index in [1.807, 2.05) is 18.2 Å². The molecule has 1 aromatic carbocycles. The topological polar surface area (TPSA) is 32.3 Å². The van der Waals surface area contributed by atoms with Crippen LogP contribution in [0.1, 0.15) is 19.3 Å². The van der Waals surface area contributed by atoms with Crippen LogP contribution < -0.4 is 5.32 Å². The van der Waals surface area contributed by atoms with Crippen molar-refractivity contribution in [1.82, 2.24) is 0 Å². The first-order valence-electron chi connectivity index (χ1n) is 5.07. The minimum absolute atomic E-state index is 0.153. The van der Waals surface area contributed by atoms with Crippen LogP contribution >= 0.6 is 27.5 Å². The third-order valence-electron chi connectivity index (χ3n) is 2.77. The quantitative estimate of drug-likeness (QED) is 0.874. The lowest BCUT2D eigenvalue weighted by atomic mass is 10.2. The minimum Gasteiger partial charge on any atom is -0.391 e. The average molecular weight is 291 g/mol. The van der Waals surface area contributed by atoms with Crippen LogP contribution in [0.4, 0.5) is 5.69 Å². The van der Waals surface area contributed by atoms with Gasteiger partial charge < -0.3 is 10.4 Å². The molecule has 1 fully saturated rings. The standard InChI is InChI=1S/C11H13BrClNO/c12-11-7(13)3-1-5-9(11)14-8-4-2-6-10(8)15/h1,3,5,8,10,14-15H,2,4,6H2/t8-,10-/m1/s1. The van der Waals surface area contributed by atoms with Crippen LogP contribution in [0.3, 0.4) is 0 Å². The first-order chi connectivity index (χ1) is 7.18. The van der Waals surface area contributed by atoms with Crippen LogP contribution in [-0.2, 0) is 0 Å². The third-order valence-corrected chi connectivity index (χ3v) is 4.17. The SMILES string of the molecule is O[C@@H]1CCC[C@H]1Nc1cccc(Cl)c1Br. The number of benzene rings is 1. The maximum Gasteiger partial charge on any atom is 0.0741 e. The summed E-state index contributed by atoms with van der Waals surface area (Å²) < 4.78 is 0.866. The molecule has 4 heteroatoms. The second-order valence-electron chi connectivity index (χ2n) is 3.85. The van der Waals surface area contributed by atoms with Crippen LogP contribution in [0, 0.1) is 0 Å². The molecule has 0 radical (unpaired) electrons. The zero-order valence-electron chi connectivity index (χ0n) is 8.21. The molecular formula is C11H13BrClNO. The largest absolute Gasteiger partial charge is 0.391 e. The third kappa shape index (κ3) is 2.47. The summed E-state index contributed by atoms with van der Waals surface area (Å²) in [5.74, 6) is 0. The smallest absolute Gasteiger partial charge is 0.0741 e. The van der Waals surface area contributed by atoms with Gasteiger partial charge in [0.25, 0.3) is 0 Å². The van der Waals surface area contributed by atoms with Crippen molar-refractivity contribution in [2.45, 2.75) is 31.4 Å². The van der Waals surface area contributed by atoms with Gasteiger partial charge in [-0.15, -0.1) is 0 Å². The summed E-state index contributed by atoms with van der Waals surface area (Å²) in [5.41, 5.74) is 0.952. The molecule has 0 amide bonds. The molecule has 1 saturated carbocycles. The molecule has 2 nitrogen and oxygen atoms in total. The zero-order chi connectivity index (χ0) is 10.8. The van der Waals surface area contributed by atoms with Crippen LogP contribution in [0.2, 0.25) is 5.02 Å². The Morgan fingerprint density at radius 1 is 1.40 bits per heavy atom. The molecule has 0 aromatic heterocycles. The van der Waals surface area contributed by atoms with Gasteiger partial charge >= 0.3 is 0 Å². The first-order valence-corrected chi connectivity index (χ1v) is 6.24. The number of halogens is 2. The van der Waals surface area contributed by atoms with Gasteiger partial charge in [-0.2, -0.15) is 0 Å². The Balaban J connectivity index is 2.13. The summed E-state index contributed by atoms with van der Waals surface area (Å²) in [6.45, 7) is 0. The molecule has 0 heterocycles. The van der Waals surface area contributed by atoms with Crippen molar-refractivity contribution in [3.8, 4) is 0 Å². The predicted octanol–water partition coefficient (Wildman–Crippen LogP) is 3.43. The Morgan fingerprint density at radius 2 is 2.20 bits per heavy atom. The number of hydrogen-bond acceptors (Lipinski definition) is 2. The van der Waals surface area contributed by atoms with E-state index in [2.05, 4.69) is 21.2 Å². The van der Waals surface area contributed by atoms with Crippen LogP contribution in [0.25, 0.3) is 0 Å². The molecular weight excluding hydrogens is 277 g/mol. The summed E-state index contributed by atoms with van der Waals surface area (Å²) in [6.07, 6.45) is 2.74. The Hall–Kier alpha value is -0.250. The molecule has 1 aliphatic rings. The van der Waals surface area contributed by atoms with Gasteiger partial charge in [0, 0.05) is 0 Å². The number of aliphatic hydroxyl groups excluding tert-OH is 1. The molecule has 2 rings (SSSR count). The fourth-order valence-electron chi connectivity index (χ4n) is 1.92. The van der Waals surface area contributed by atoms with Crippen LogP contribution in [0.15, 0.2) is 22.7 Å². The molecule has 1 aliphatic carbocycles. The number of rotatable bonds is 2. The minimum atomic E-state index is -0.240. The molecule has 0 saturated heterocycles. The van der Waals surface area contributed by atoms with Crippen molar-refractivity contribution >= 4 is 33.2 Å². The average Bonchev–Trinajstić information content (AvgIpc) is 2.60. The first kappa shape index (κ1) is 11.2. The summed E-state index contributed by atoms with van der Waals surface area (Å²) in [7, 11) is 0. The van der Waals surface area contributed by atoms with E-state index in [4.69, 9.17) is 11.6 Å². The van der Waals surface area contributed by atoms with Gasteiger partial charge in [-0.1, -0.05) is 17.7 Å². The van der Waals surface area contributed by atoms with Crippen molar-refractivity contribution in [2.75, 3.05) is 5.32 Å². The van der Waals surface area contributed by atoms with Crippen molar-refractivity contribution in [3.05, 3.63) is 27.7 Å². The second kappa shape index (κ2) is 4.73. The Bertz CT molecular complexity index is 358. The lowest BCUT2D eigenvalue weighted by molar-refractivity contribution is 0.172.